The van der Waals surface area contributed by atoms with Crippen LogP contribution in [0.1, 0.15) is 50.4 Å². The molecule has 7 nitrogen and oxygen atoms in total. The number of amides is 3. The molecule has 30 heavy (non-hydrogen) atoms. The minimum Gasteiger partial charge on any atom is -0.480 e. The number of nitrogens with one attached hydrogen (secondary N) is 3. The number of carbonyl (C=O) groups is 3. The lowest BCUT2D eigenvalue weighted by atomic mass is 9.69. The number of carbonyl (C=O) groups excluding carboxylic acids is 2. The van der Waals surface area contributed by atoms with Crippen LogP contribution in [-0.4, -0.2) is 41.6 Å². The lowest BCUT2D eigenvalue weighted by molar-refractivity contribution is -0.139. The van der Waals surface area contributed by atoms with Gasteiger partial charge < -0.3 is 21.1 Å². The Morgan fingerprint density at radius 1 is 1.20 bits per heavy atom. The van der Waals surface area contributed by atoms with E-state index in [-0.39, 0.29) is 39.0 Å². The molecule has 1 aromatic carbocycles. The first-order chi connectivity index (χ1) is 14.0. The highest BCUT2D eigenvalue weighted by Crippen LogP contribution is 2.65. The van der Waals surface area contributed by atoms with Gasteiger partial charge in [-0.2, -0.15) is 0 Å². The summed E-state index contributed by atoms with van der Waals surface area (Å²) in [6.07, 6.45) is 3.14. The summed E-state index contributed by atoms with van der Waals surface area (Å²) < 4.78 is 0. The summed E-state index contributed by atoms with van der Waals surface area (Å²) in [5, 5.41) is 17.6. The number of rotatable bonds is 6. The average Bonchev–Trinajstić information content (AvgIpc) is 2.98. The molecule has 2 aliphatic carbocycles. The molecule has 2 saturated carbocycles. The van der Waals surface area contributed by atoms with Crippen LogP contribution in [-0.2, 0) is 4.79 Å². The molecular formula is C21H27Cl2N3O4. The summed E-state index contributed by atoms with van der Waals surface area (Å²) in [7, 11) is 0. The van der Waals surface area contributed by atoms with E-state index >= 15 is 0 Å². The highest BCUT2D eigenvalue weighted by molar-refractivity contribution is 6.39. The van der Waals surface area contributed by atoms with E-state index in [0.29, 0.717) is 5.92 Å². The third-order valence-electron chi connectivity index (χ3n) is 7.36. The molecule has 4 N–H and O–H groups in total. The van der Waals surface area contributed by atoms with Gasteiger partial charge in [0, 0.05) is 6.04 Å². The van der Waals surface area contributed by atoms with Gasteiger partial charge in [-0.05, 0) is 48.1 Å². The Morgan fingerprint density at radius 3 is 2.33 bits per heavy atom. The number of aliphatic carboxylic acids is 1. The van der Waals surface area contributed by atoms with Crippen molar-refractivity contribution in [2.75, 3.05) is 6.54 Å². The number of carboxylic acids is 1. The fourth-order valence-corrected chi connectivity index (χ4v) is 5.54. The maximum absolute atomic E-state index is 12.5. The van der Waals surface area contributed by atoms with Gasteiger partial charge in [-0.3, -0.25) is 4.79 Å². The maximum Gasteiger partial charge on any atom is 0.328 e. The third kappa shape index (κ3) is 3.97. The zero-order valence-corrected chi connectivity index (χ0v) is 18.7. The van der Waals surface area contributed by atoms with Crippen molar-refractivity contribution in [3.8, 4) is 0 Å². The Kier molecular flexibility index (Phi) is 6.25. The van der Waals surface area contributed by atoms with Crippen LogP contribution in [0.5, 0.6) is 0 Å². The second-order valence-corrected chi connectivity index (χ2v) is 9.79. The second-order valence-electron chi connectivity index (χ2n) is 8.98. The molecule has 3 unspecified atom stereocenters. The van der Waals surface area contributed by atoms with Crippen LogP contribution in [0.3, 0.4) is 0 Å². The molecule has 0 aliphatic heterocycles. The van der Waals surface area contributed by atoms with E-state index in [1.807, 2.05) is 0 Å². The van der Waals surface area contributed by atoms with Gasteiger partial charge >= 0.3 is 12.0 Å². The van der Waals surface area contributed by atoms with Crippen molar-refractivity contribution in [1.29, 1.82) is 0 Å². The summed E-state index contributed by atoms with van der Waals surface area (Å²) in [5.74, 6) is -1.43. The Balaban J connectivity index is 1.58. The minimum atomic E-state index is -1.33. The summed E-state index contributed by atoms with van der Waals surface area (Å²) >= 11 is 12.0. The molecule has 9 heteroatoms. The summed E-state index contributed by atoms with van der Waals surface area (Å²) in [6.45, 7) is 6.43. The first-order valence-electron chi connectivity index (χ1n) is 9.99. The summed E-state index contributed by atoms with van der Waals surface area (Å²) in [5.41, 5.74) is 0.154. The summed E-state index contributed by atoms with van der Waals surface area (Å²) in [6, 6.07) is 2.82. The largest absolute Gasteiger partial charge is 0.480 e. The van der Waals surface area contributed by atoms with Gasteiger partial charge in [0.25, 0.3) is 5.91 Å². The molecule has 0 spiro atoms. The molecule has 3 rings (SSSR count). The molecule has 2 fully saturated rings. The molecule has 0 saturated heterocycles. The number of halogens is 2. The molecule has 0 heterocycles. The van der Waals surface area contributed by atoms with Crippen LogP contribution in [0.4, 0.5) is 4.79 Å². The van der Waals surface area contributed by atoms with Crippen molar-refractivity contribution in [3.63, 3.8) is 0 Å². The van der Waals surface area contributed by atoms with Gasteiger partial charge in [-0.25, -0.2) is 9.59 Å². The van der Waals surface area contributed by atoms with Gasteiger partial charge in [-0.1, -0.05) is 50.0 Å². The van der Waals surface area contributed by atoms with Crippen molar-refractivity contribution in [3.05, 3.63) is 33.8 Å². The smallest absolute Gasteiger partial charge is 0.328 e. The predicted octanol–water partition coefficient (Wildman–Crippen LogP) is 3.69. The molecule has 3 amide bonds. The molecule has 2 aliphatic rings. The Hall–Kier alpha value is -1.99. The average molecular weight is 456 g/mol. The molecule has 2 bridgehead atoms. The predicted molar refractivity (Wildman–Crippen MR) is 115 cm³/mol. The van der Waals surface area contributed by atoms with Crippen LogP contribution < -0.4 is 16.0 Å². The van der Waals surface area contributed by atoms with Crippen LogP contribution in [0.15, 0.2) is 18.2 Å². The Labute approximate surface area is 185 Å². The van der Waals surface area contributed by atoms with E-state index in [1.54, 1.807) is 6.07 Å². The van der Waals surface area contributed by atoms with Crippen molar-refractivity contribution >= 4 is 41.1 Å². The molecular weight excluding hydrogens is 429 g/mol. The third-order valence-corrected chi connectivity index (χ3v) is 7.99. The van der Waals surface area contributed by atoms with E-state index in [9.17, 15) is 19.5 Å². The lowest BCUT2D eigenvalue weighted by Gasteiger charge is -2.39. The molecule has 164 valence electrons. The zero-order valence-electron chi connectivity index (χ0n) is 17.2. The van der Waals surface area contributed by atoms with Crippen LogP contribution in [0.2, 0.25) is 10.0 Å². The zero-order chi connectivity index (χ0) is 22.3. The number of carboxylic acid groups (broad SMARTS) is 1. The first kappa shape index (κ1) is 22.7. The normalized spacial score (nSPS) is 27.4. The summed E-state index contributed by atoms with van der Waals surface area (Å²) in [4.78, 5) is 36.5. The van der Waals surface area contributed by atoms with Crippen LogP contribution in [0.25, 0.3) is 0 Å². The maximum atomic E-state index is 12.5. The van der Waals surface area contributed by atoms with E-state index in [2.05, 4.69) is 36.7 Å². The number of benzene rings is 1. The van der Waals surface area contributed by atoms with Gasteiger partial charge in [0.1, 0.15) is 6.04 Å². The first-order valence-corrected chi connectivity index (χ1v) is 10.7. The standard InChI is InChI=1S/C21H27Cl2N3O4/c1-20(2)11-7-8-21(20,3)15(9-11)26-19(30)24-10-14(18(28)29)25-17(27)16-12(22)5-4-6-13(16)23/h4-6,11,14-15H,7-10H2,1-3H3,(H,25,27)(H,28,29)(H2,24,26,30)/t11?,14-,15?,21?/m0/s1. The number of hydrogen-bond acceptors (Lipinski definition) is 3. The van der Waals surface area contributed by atoms with Gasteiger partial charge in [0.05, 0.1) is 22.2 Å². The second kappa shape index (κ2) is 8.27. The van der Waals surface area contributed by atoms with Crippen LogP contribution in [0, 0.1) is 16.7 Å². The number of urea groups is 1. The number of fused-ring (bicyclic) bond motifs is 2. The quantitative estimate of drug-likeness (QED) is 0.524. The number of hydrogen-bond donors (Lipinski definition) is 4. The van der Waals surface area contributed by atoms with E-state index < -0.39 is 23.9 Å². The highest BCUT2D eigenvalue weighted by Gasteiger charge is 2.61. The molecule has 4 atom stereocenters. The van der Waals surface area contributed by atoms with Gasteiger partial charge in [0.2, 0.25) is 0 Å². The highest BCUT2D eigenvalue weighted by atomic mass is 35.5. The lowest BCUT2D eigenvalue weighted by Crippen LogP contribution is -2.54. The fraction of sp³-hybridized carbons (Fsp3) is 0.571. The van der Waals surface area contributed by atoms with Crippen molar-refractivity contribution in [2.24, 2.45) is 16.7 Å². The van der Waals surface area contributed by atoms with Crippen molar-refractivity contribution < 1.29 is 19.5 Å². The molecule has 0 aromatic heterocycles. The molecule has 0 radical (unpaired) electrons. The minimum absolute atomic E-state index is 0.00586. The monoisotopic (exact) mass is 455 g/mol. The van der Waals surface area contributed by atoms with E-state index in [1.165, 1.54) is 18.6 Å². The van der Waals surface area contributed by atoms with E-state index in [4.69, 9.17) is 23.2 Å². The fourth-order valence-electron chi connectivity index (χ4n) is 4.97. The van der Waals surface area contributed by atoms with Crippen LogP contribution >= 0.6 is 23.2 Å². The SMILES string of the molecule is CC1(C)C2CCC1(C)C(NC(=O)NC[C@H](NC(=O)c1c(Cl)cccc1Cl)C(=O)O)C2. The van der Waals surface area contributed by atoms with Gasteiger partial charge in [-0.15, -0.1) is 0 Å². The van der Waals surface area contributed by atoms with Crippen molar-refractivity contribution in [1.82, 2.24) is 16.0 Å². The topological polar surface area (TPSA) is 108 Å². The van der Waals surface area contributed by atoms with E-state index in [0.717, 1.165) is 12.8 Å². The molecule has 1 aromatic rings. The van der Waals surface area contributed by atoms with Gasteiger partial charge in [0.15, 0.2) is 0 Å². The van der Waals surface area contributed by atoms with Crippen molar-refractivity contribution in [2.45, 2.75) is 52.1 Å². The Morgan fingerprint density at radius 2 is 1.83 bits per heavy atom. The Bertz CT molecular complexity index is 856.